The molecule has 0 radical (unpaired) electrons. The number of aryl methyl sites for hydroxylation is 1. The Morgan fingerprint density at radius 3 is 2.89 bits per heavy atom. The van der Waals surface area contributed by atoms with Crippen LogP contribution in [-0.4, -0.2) is 41.2 Å². The Kier molecular flexibility index (Phi) is 3.79. The maximum absolute atomic E-state index is 11.2. The van der Waals surface area contributed by atoms with Crippen molar-refractivity contribution in [2.45, 2.75) is 25.9 Å². The van der Waals surface area contributed by atoms with Crippen molar-refractivity contribution in [3.8, 4) is 0 Å². The molecule has 1 saturated heterocycles. The van der Waals surface area contributed by atoms with Gasteiger partial charge >= 0.3 is 5.69 Å². The monoisotopic (exact) mass is 267 g/mol. The van der Waals surface area contributed by atoms with Gasteiger partial charge in [0.25, 0.3) is 0 Å². The number of hydrogen-bond acceptors (Lipinski definition) is 7. The molecule has 1 aliphatic heterocycles. The van der Waals surface area contributed by atoms with Gasteiger partial charge < -0.3 is 15.4 Å². The average Bonchev–Trinajstić information content (AvgIpc) is 2.37. The van der Waals surface area contributed by atoms with E-state index in [-0.39, 0.29) is 29.3 Å². The highest BCUT2D eigenvalue weighted by Crippen LogP contribution is 2.31. The summed E-state index contributed by atoms with van der Waals surface area (Å²) in [7, 11) is 1.64. The van der Waals surface area contributed by atoms with Gasteiger partial charge in [0.1, 0.15) is 5.69 Å². The largest absolute Gasteiger partial charge is 0.380 e. The fourth-order valence-electron chi connectivity index (χ4n) is 2.33. The van der Waals surface area contributed by atoms with Crippen molar-refractivity contribution < 1.29 is 9.66 Å². The number of anilines is 2. The van der Waals surface area contributed by atoms with Gasteiger partial charge in [0.15, 0.2) is 0 Å². The van der Waals surface area contributed by atoms with Crippen LogP contribution in [-0.2, 0) is 4.74 Å². The molecule has 0 aromatic carbocycles. The minimum Gasteiger partial charge on any atom is -0.380 e. The summed E-state index contributed by atoms with van der Waals surface area (Å²) in [5.74, 6) is 0.342. The highest BCUT2D eigenvalue weighted by Gasteiger charge is 2.29. The van der Waals surface area contributed by atoms with Crippen LogP contribution in [0.4, 0.5) is 17.5 Å². The lowest BCUT2D eigenvalue weighted by molar-refractivity contribution is -0.385. The number of methoxy groups -OCH3 is 1. The van der Waals surface area contributed by atoms with Gasteiger partial charge in [0, 0.05) is 20.2 Å². The van der Waals surface area contributed by atoms with E-state index in [1.807, 2.05) is 4.90 Å². The Labute approximate surface area is 110 Å². The van der Waals surface area contributed by atoms with Crippen molar-refractivity contribution in [2.75, 3.05) is 30.8 Å². The van der Waals surface area contributed by atoms with Crippen molar-refractivity contribution >= 4 is 17.5 Å². The average molecular weight is 267 g/mol. The second-order valence-electron chi connectivity index (χ2n) is 4.54. The normalized spacial score (nSPS) is 19.5. The highest BCUT2D eigenvalue weighted by atomic mass is 16.6. The van der Waals surface area contributed by atoms with Crippen LogP contribution in [0, 0.1) is 17.0 Å². The second kappa shape index (κ2) is 5.35. The molecule has 2 heterocycles. The Balaban J connectivity index is 2.40. The number of hydrogen-bond donors (Lipinski definition) is 1. The summed E-state index contributed by atoms with van der Waals surface area (Å²) in [6, 6.07) is 0. The quantitative estimate of drug-likeness (QED) is 0.640. The minimum absolute atomic E-state index is 0.0534. The Morgan fingerprint density at radius 1 is 1.53 bits per heavy atom. The lowest BCUT2D eigenvalue weighted by Gasteiger charge is -2.32. The maximum Gasteiger partial charge on any atom is 0.332 e. The van der Waals surface area contributed by atoms with Crippen molar-refractivity contribution in [1.29, 1.82) is 0 Å². The maximum atomic E-state index is 11.2. The molecule has 8 heteroatoms. The van der Waals surface area contributed by atoms with Crippen LogP contribution in [0.15, 0.2) is 0 Å². The molecule has 1 unspecified atom stereocenters. The molecule has 1 aliphatic rings. The van der Waals surface area contributed by atoms with Crippen molar-refractivity contribution in [1.82, 2.24) is 9.97 Å². The van der Waals surface area contributed by atoms with Crippen LogP contribution in [0.1, 0.15) is 18.5 Å². The summed E-state index contributed by atoms with van der Waals surface area (Å²) in [5.41, 5.74) is 5.81. The van der Waals surface area contributed by atoms with Crippen LogP contribution in [0.25, 0.3) is 0 Å². The third-order valence-corrected chi connectivity index (χ3v) is 3.25. The molecule has 0 bridgehead atoms. The third-order valence-electron chi connectivity index (χ3n) is 3.25. The minimum atomic E-state index is -0.458. The standard InChI is InChI=1S/C11H17N5O3/c1-7-9(16(17)18)10(14-11(12)13-7)15-5-3-4-8(6-15)19-2/h8H,3-6H2,1-2H3,(H2,12,13,14). The molecule has 0 spiro atoms. The van der Waals surface area contributed by atoms with E-state index in [9.17, 15) is 10.1 Å². The van der Waals surface area contributed by atoms with E-state index in [0.717, 1.165) is 12.8 Å². The molecule has 1 fully saturated rings. The number of nitro groups is 1. The van der Waals surface area contributed by atoms with Crippen molar-refractivity contribution in [2.24, 2.45) is 0 Å². The highest BCUT2D eigenvalue weighted by molar-refractivity contribution is 5.62. The first-order valence-corrected chi connectivity index (χ1v) is 6.09. The number of nitrogens with two attached hydrogens (primary N) is 1. The lowest BCUT2D eigenvalue weighted by Crippen LogP contribution is -2.40. The van der Waals surface area contributed by atoms with E-state index in [4.69, 9.17) is 10.5 Å². The molecule has 0 saturated carbocycles. The molecule has 19 heavy (non-hydrogen) atoms. The summed E-state index contributed by atoms with van der Waals surface area (Å²) in [6.07, 6.45) is 1.91. The van der Waals surface area contributed by atoms with Gasteiger partial charge in [-0.25, -0.2) is 4.98 Å². The molecule has 0 aliphatic carbocycles. The first-order valence-electron chi connectivity index (χ1n) is 6.09. The fraction of sp³-hybridized carbons (Fsp3) is 0.636. The van der Waals surface area contributed by atoms with Crippen LogP contribution in [0.5, 0.6) is 0 Å². The summed E-state index contributed by atoms with van der Waals surface area (Å²) < 4.78 is 5.32. The van der Waals surface area contributed by atoms with E-state index >= 15 is 0 Å². The van der Waals surface area contributed by atoms with Gasteiger partial charge in [-0.2, -0.15) is 4.98 Å². The zero-order valence-corrected chi connectivity index (χ0v) is 11.0. The van der Waals surface area contributed by atoms with Gasteiger partial charge in [-0.15, -0.1) is 0 Å². The van der Waals surface area contributed by atoms with Gasteiger partial charge in [-0.1, -0.05) is 0 Å². The Morgan fingerprint density at radius 2 is 2.26 bits per heavy atom. The van der Waals surface area contributed by atoms with Gasteiger partial charge in [0.05, 0.1) is 11.0 Å². The first-order chi connectivity index (χ1) is 9.02. The van der Waals surface area contributed by atoms with Crippen molar-refractivity contribution in [3.63, 3.8) is 0 Å². The molecule has 8 nitrogen and oxygen atoms in total. The Bertz CT molecular complexity index is 493. The SMILES string of the molecule is COC1CCCN(c2nc(N)nc(C)c2[N+](=O)[O-])C1. The summed E-state index contributed by atoms with van der Waals surface area (Å²) in [6.45, 7) is 2.85. The number of rotatable bonds is 3. The van der Waals surface area contributed by atoms with E-state index in [2.05, 4.69) is 9.97 Å². The third kappa shape index (κ3) is 2.73. The predicted molar refractivity (Wildman–Crippen MR) is 70.1 cm³/mol. The molecule has 104 valence electrons. The summed E-state index contributed by atoms with van der Waals surface area (Å²) in [5, 5.41) is 11.2. The molecule has 1 aromatic heterocycles. The first kappa shape index (κ1) is 13.5. The molecular weight excluding hydrogens is 250 g/mol. The van der Waals surface area contributed by atoms with E-state index in [0.29, 0.717) is 13.1 Å². The van der Waals surface area contributed by atoms with Crippen molar-refractivity contribution in [3.05, 3.63) is 15.8 Å². The Hall–Kier alpha value is -1.96. The van der Waals surface area contributed by atoms with Crippen LogP contribution >= 0.6 is 0 Å². The van der Waals surface area contributed by atoms with Gasteiger partial charge in [-0.05, 0) is 19.8 Å². The molecule has 0 amide bonds. The fourth-order valence-corrected chi connectivity index (χ4v) is 2.33. The molecule has 1 aromatic rings. The lowest BCUT2D eigenvalue weighted by atomic mass is 10.1. The number of nitrogen functional groups attached to an aromatic ring is 1. The van der Waals surface area contributed by atoms with E-state index in [1.165, 1.54) is 0 Å². The van der Waals surface area contributed by atoms with Crippen LogP contribution < -0.4 is 10.6 Å². The van der Waals surface area contributed by atoms with Crippen LogP contribution in [0.2, 0.25) is 0 Å². The van der Waals surface area contributed by atoms with Gasteiger partial charge in [0.2, 0.25) is 11.8 Å². The van der Waals surface area contributed by atoms with E-state index in [1.54, 1.807) is 14.0 Å². The summed E-state index contributed by atoms with van der Waals surface area (Å²) >= 11 is 0. The zero-order chi connectivity index (χ0) is 14.0. The smallest absolute Gasteiger partial charge is 0.332 e. The van der Waals surface area contributed by atoms with Crippen LogP contribution in [0.3, 0.4) is 0 Å². The molecular formula is C11H17N5O3. The topological polar surface area (TPSA) is 107 Å². The summed E-state index contributed by atoms with van der Waals surface area (Å²) in [4.78, 5) is 20.5. The van der Waals surface area contributed by atoms with E-state index < -0.39 is 4.92 Å². The number of piperidine rings is 1. The predicted octanol–water partition coefficient (Wildman–Crippen LogP) is 0.891. The number of nitrogens with zero attached hydrogens (tertiary/aromatic N) is 4. The number of aromatic nitrogens is 2. The van der Waals surface area contributed by atoms with Gasteiger partial charge in [-0.3, -0.25) is 10.1 Å². The molecule has 2 rings (SSSR count). The molecule has 1 atom stereocenters. The second-order valence-corrected chi connectivity index (χ2v) is 4.54. The number of ether oxygens (including phenoxy) is 1. The zero-order valence-electron chi connectivity index (χ0n) is 11.0. The molecule has 2 N–H and O–H groups in total.